The van der Waals surface area contributed by atoms with Crippen molar-refractivity contribution < 1.29 is 37.0 Å². The number of anilines is 1. The van der Waals surface area contributed by atoms with E-state index in [-0.39, 0.29) is 12.4 Å². The smallest absolute Gasteiger partial charge is 0.418 e. The van der Waals surface area contributed by atoms with Gasteiger partial charge in [-0.2, -0.15) is 13.2 Å². The number of hydrogen-bond donors (Lipinski definition) is 1. The molecule has 142 valence electrons. The molecule has 27 heavy (non-hydrogen) atoms. The molecule has 1 atom stereocenters. The number of carbonyl (C=O) groups excluding carboxylic acids is 2. The van der Waals surface area contributed by atoms with E-state index < -0.39 is 35.4 Å². The molecule has 1 amide bonds. The molecule has 0 aliphatic carbocycles. The summed E-state index contributed by atoms with van der Waals surface area (Å²) in [6.07, 6.45) is -5.94. The summed E-state index contributed by atoms with van der Waals surface area (Å²) in [5.74, 6) is -0.873. The van der Waals surface area contributed by atoms with Crippen LogP contribution >= 0.6 is 0 Å². The molecule has 6 nitrogen and oxygen atoms in total. The minimum atomic E-state index is -4.63. The molecule has 1 aliphatic rings. The van der Waals surface area contributed by atoms with Crippen molar-refractivity contribution in [3.8, 4) is 11.5 Å². The molecule has 0 unspecified atom stereocenters. The van der Waals surface area contributed by atoms with Gasteiger partial charge in [0.15, 0.2) is 17.6 Å². The lowest BCUT2D eigenvalue weighted by Crippen LogP contribution is -2.30. The molecule has 0 bridgehead atoms. The minimum Gasteiger partial charge on any atom is -0.454 e. The fraction of sp³-hybridized carbons (Fsp3) is 0.222. The summed E-state index contributed by atoms with van der Waals surface area (Å²) in [5, 5.41) is 2.13. The van der Waals surface area contributed by atoms with Gasteiger partial charge in [0.25, 0.3) is 5.91 Å². The number of nitrogens with one attached hydrogen (secondary N) is 1. The average molecular weight is 381 g/mol. The third kappa shape index (κ3) is 4.13. The molecule has 2 aromatic rings. The molecule has 0 fully saturated rings. The van der Waals surface area contributed by atoms with Gasteiger partial charge in [-0.25, -0.2) is 4.79 Å². The van der Waals surface area contributed by atoms with Gasteiger partial charge < -0.3 is 19.5 Å². The third-order valence-corrected chi connectivity index (χ3v) is 3.75. The summed E-state index contributed by atoms with van der Waals surface area (Å²) in [7, 11) is 0. The van der Waals surface area contributed by atoms with Crippen LogP contribution in [0.1, 0.15) is 22.8 Å². The molecule has 1 aliphatic heterocycles. The van der Waals surface area contributed by atoms with Gasteiger partial charge in [0, 0.05) is 0 Å². The SMILES string of the molecule is C[C@H](OC(=O)c1ccc2c(c1)OCO2)C(=O)Nc1ccccc1C(F)(F)F. The summed E-state index contributed by atoms with van der Waals surface area (Å²) < 4.78 is 54.2. The second kappa shape index (κ2) is 7.18. The Morgan fingerprint density at radius 2 is 1.81 bits per heavy atom. The van der Waals surface area contributed by atoms with Gasteiger partial charge in [0.05, 0.1) is 16.8 Å². The van der Waals surface area contributed by atoms with Crippen LogP contribution in [0.25, 0.3) is 0 Å². The van der Waals surface area contributed by atoms with Crippen LogP contribution in [0.2, 0.25) is 0 Å². The predicted molar refractivity (Wildman–Crippen MR) is 87.5 cm³/mol. The molecule has 0 aromatic heterocycles. The quantitative estimate of drug-likeness (QED) is 0.819. The monoisotopic (exact) mass is 381 g/mol. The average Bonchev–Trinajstić information content (AvgIpc) is 3.08. The van der Waals surface area contributed by atoms with Crippen molar-refractivity contribution >= 4 is 17.6 Å². The summed E-state index contributed by atoms with van der Waals surface area (Å²) >= 11 is 0. The van der Waals surface area contributed by atoms with E-state index in [4.69, 9.17) is 14.2 Å². The summed E-state index contributed by atoms with van der Waals surface area (Å²) in [6.45, 7) is 1.29. The third-order valence-electron chi connectivity index (χ3n) is 3.75. The number of ether oxygens (including phenoxy) is 3. The van der Waals surface area contributed by atoms with Crippen LogP contribution in [-0.2, 0) is 15.7 Å². The lowest BCUT2D eigenvalue weighted by Gasteiger charge is -2.17. The second-order valence-electron chi connectivity index (χ2n) is 5.65. The zero-order chi connectivity index (χ0) is 19.6. The van der Waals surface area contributed by atoms with Crippen molar-refractivity contribution in [2.45, 2.75) is 19.2 Å². The Hall–Kier alpha value is -3.23. The van der Waals surface area contributed by atoms with Crippen LogP contribution in [0.5, 0.6) is 11.5 Å². The molecule has 3 rings (SSSR count). The Balaban J connectivity index is 1.67. The number of hydrogen-bond acceptors (Lipinski definition) is 5. The molecular formula is C18H14F3NO5. The number of rotatable bonds is 4. The van der Waals surface area contributed by atoms with Crippen LogP contribution in [0, 0.1) is 0 Å². The molecule has 2 aromatic carbocycles. The predicted octanol–water partition coefficient (Wildman–Crippen LogP) is 3.62. The number of esters is 1. The maximum absolute atomic E-state index is 13.0. The summed E-state index contributed by atoms with van der Waals surface area (Å²) in [5.41, 5.74) is -1.29. The van der Waals surface area contributed by atoms with Crippen molar-refractivity contribution in [1.29, 1.82) is 0 Å². The maximum Gasteiger partial charge on any atom is 0.418 e. The standard InChI is InChI=1S/C18H14F3NO5/c1-10(16(23)22-13-5-3-2-4-12(13)18(19,20)21)27-17(24)11-6-7-14-15(8-11)26-9-25-14/h2-8,10H,9H2,1H3,(H,22,23)/t10-/m0/s1. The van der Waals surface area contributed by atoms with Crippen LogP contribution < -0.4 is 14.8 Å². The van der Waals surface area contributed by atoms with Crippen molar-refractivity contribution in [2.75, 3.05) is 12.1 Å². The van der Waals surface area contributed by atoms with Gasteiger partial charge >= 0.3 is 12.1 Å². The molecule has 0 saturated carbocycles. The van der Waals surface area contributed by atoms with Crippen molar-refractivity contribution in [2.24, 2.45) is 0 Å². The Kier molecular flexibility index (Phi) is 4.93. The first-order valence-electron chi connectivity index (χ1n) is 7.83. The highest BCUT2D eigenvalue weighted by Crippen LogP contribution is 2.35. The van der Waals surface area contributed by atoms with E-state index in [2.05, 4.69) is 5.32 Å². The first-order chi connectivity index (χ1) is 12.8. The van der Waals surface area contributed by atoms with Crippen molar-refractivity contribution in [1.82, 2.24) is 0 Å². The van der Waals surface area contributed by atoms with E-state index in [0.29, 0.717) is 11.5 Å². The molecule has 0 saturated heterocycles. The molecule has 9 heteroatoms. The molecule has 1 N–H and O–H groups in total. The normalized spacial score (nSPS) is 13.8. The number of benzene rings is 2. The van der Waals surface area contributed by atoms with Gasteiger partial charge in [-0.05, 0) is 37.3 Å². The van der Waals surface area contributed by atoms with Crippen LogP contribution in [0.3, 0.4) is 0 Å². The number of halogens is 3. The largest absolute Gasteiger partial charge is 0.454 e. The number of carbonyl (C=O) groups is 2. The maximum atomic E-state index is 13.0. The van der Waals surface area contributed by atoms with E-state index in [9.17, 15) is 22.8 Å². The Morgan fingerprint density at radius 1 is 1.11 bits per heavy atom. The first-order valence-corrected chi connectivity index (χ1v) is 7.83. The Morgan fingerprint density at radius 3 is 2.56 bits per heavy atom. The zero-order valence-corrected chi connectivity index (χ0v) is 14.0. The first kappa shape index (κ1) is 18.6. The van der Waals surface area contributed by atoms with Gasteiger partial charge in [-0.15, -0.1) is 0 Å². The molecule has 1 heterocycles. The number of amides is 1. The van der Waals surface area contributed by atoms with Gasteiger partial charge in [-0.3, -0.25) is 4.79 Å². The Bertz CT molecular complexity index is 882. The fourth-order valence-electron chi connectivity index (χ4n) is 2.38. The highest BCUT2D eigenvalue weighted by molar-refractivity contribution is 5.98. The molecule has 0 radical (unpaired) electrons. The van der Waals surface area contributed by atoms with E-state index in [1.54, 1.807) is 0 Å². The van der Waals surface area contributed by atoms with Crippen molar-refractivity contribution in [3.63, 3.8) is 0 Å². The zero-order valence-electron chi connectivity index (χ0n) is 14.0. The lowest BCUT2D eigenvalue weighted by atomic mass is 10.1. The minimum absolute atomic E-state index is 0.0330. The van der Waals surface area contributed by atoms with E-state index in [1.165, 1.54) is 37.3 Å². The number of alkyl halides is 3. The Labute approximate surface area is 151 Å². The van der Waals surface area contributed by atoms with Gasteiger partial charge in [0.2, 0.25) is 6.79 Å². The topological polar surface area (TPSA) is 73.9 Å². The lowest BCUT2D eigenvalue weighted by molar-refractivity contribution is -0.137. The van der Waals surface area contributed by atoms with Crippen LogP contribution in [0.4, 0.5) is 18.9 Å². The van der Waals surface area contributed by atoms with Gasteiger partial charge in [0.1, 0.15) is 0 Å². The second-order valence-corrected chi connectivity index (χ2v) is 5.65. The van der Waals surface area contributed by atoms with Crippen LogP contribution in [-0.4, -0.2) is 24.8 Å². The fourth-order valence-corrected chi connectivity index (χ4v) is 2.38. The summed E-state index contributed by atoms with van der Waals surface area (Å²) in [4.78, 5) is 24.3. The van der Waals surface area contributed by atoms with E-state index in [1.807, 2.05) is 0 Å². The highest BCUT2D eigenvalue weighted by atomic mass is 19.4. The molecule has 0 spiro atoms. The number of para-hydroxylation sites is 1. The van der Waals surface area contributed by atoms with Gasteiger partial charge in [-0.1, -0.05) is 12.1 Å². The molecular weight excluding hydrogens is 367 g/mol. The highest BCUT2D eigenvalue weighted by Gasteiger charge is 2.34. The van der Waals surface area contributed by atoms with E-state index in [0.717, 1.165) is 12.1 Å². The van der Waals surface area contributed by atoms with Crippen LogP contribution in [0.15, 0.2) is 42.5 Å². The number of fused-ring (bicyclic) bond motifs is 1. The van der Waals surface area contributed by atoms with E-state index >= 15 is 0 Å². The summed E-state index contributed by atoms with van der Waals surface area (Å²) in [6, 6.07) is 8.87. The van der Waals surface area contributed by atoms with Crippen molar-refractivity contribution in [3.05, 3.63) is 53.6 Å².